The van der Waals surface area contributed by atoms with Crippen LogP contribution in [0.15, 0.2) is 35.3 Å². The van der Waals surface area contributed by atoms with Crippen LogP contribution in [0.3, 0.4) is 0 Å². The number of aliphatic imine (C=N–C) groups is 1. The predicted molar refractivity (Wildman–Crippen MR) is 119 cm³/mol. The lowest BCUT2D eigenvalue weighted by Crippen LogP contribution is -2.46. The van der Waals surface area contributed by atoms with Crippen molar-refractivity contribution < 1.29 is 4.79 Å². The van der Waals surface area contributed by atoms with Crippen molar-refractivity contribution >= 4 is 35.8 Å². The lowest BCUT2D eigenvalue weighted by atomic mass is 9.90. The zero-order valence-corrected chi connectivity index (χ0v) is 18.4. The number of carbonyl (C=O) groups is 1. The van der Waals surface area contributed by atoms with Gasteiger partial charge >= 0.3 is 0 Å². The first-order chi connectivity index (χ1) is 12.2. The normalized spacial score (nSPS) is 15.3. The molecular formula is C20H33IN4O. The van der Waals surface area contributed by atoms with Crippen molar-refractivity contribution in [3.63, 3.8) is 0 Å². The molecule has 26 heavy (non-hydrogen) atoms. The summed E-state index contributed by atoms with van der Waals surface area (Å²) < 4.78 is 0. The molecule has 1 aliphatic heterocycles. The topological polar surface area (TPSA) is 56.7 Å². The van der Waals surface area contributed by atoms with Crippen molar-refractivity contribution in [1.82, 2.24) is 15.5 Å². The number of carbonyl (C=O) groups excluding carboxylic acids is 1. The molecule has 1 amide bonds. The van der Waals surface area contributed by atoms with E-state index in [0.29, 0.717) is 13.0 Å². The Labute approximate surface area is 175 Å². The van der Waals surface area contributed by atoms with E-state index in [1.807, 2.05) is 7.05 Å². The van der Waals surface area contributed by atoms with Gasteiger partial charge in [-0.05, 0) is 37.2 Å². The standard InChI is InChI=1S/C20H32N4O.HI/c1-3-12-22-19(25)9-13-23-20(21-2)24-14-10-18(11-15-24)16-17-7-5-4-6-8-17;/h4-8,18H,3,9-16H2,1-2H3,(H,21,23)(H,22,25);1H. The number of amides is 1. The molecule has 1 aromatic rings. The molecule has 2 rings (SSSR count). The molecule has 0 bridgehead atoms. The molecule has 0 spiro atoms. The molecule has 0 saturated carbocycles. The molecule has 1 aliphatic rings. The Morgan fingerprint density at radius 1 is 1.15 bits per heavy atom. The average molecular weight is 472 g/mol. The number of benzene rings is 1. The van der Waals surface area contributed by atoms with Crippen molar-refractivity contribution in [1.29, 1.82) is 0 Å². The first-order valence-electron chi connectivity index (χ1n) is 9.49. The minimum Gasteiger partial charge on any atom is -0.356 e. The van der Waals surface area contributed by atoms with Gasteiger partial charge in [-0.15, -0.1) is 24.0 Å². The highest BCUT2D eigenvalue weighted by molar-refractivity contribution is 14.0. The van der Waals surface area contributed by atoms with Gasteiger partial charge in [0.1, 0.15) is 0 Å². The SMILES string of the molecule is CCCNC(=O)CCNC(=NC)N1CCC(Cc2ccccc2)CC1.I. The fraction of sp³-hybridized carbons (Fsp3) is 0.600. The zero-order valence-electron chi connectivity index (χ0n) is 16.0. The molecule has 1 saturated heterocycles. The van der Waals surface area contributed by atoms with Crippen LogP contribution in [-0.4, -0.2) is 50.0 Å². The summed E-state index contributed by atoms with van der Waals surface area (Å²) in [5, 5.41) is 6.23. The van der Waals surface area contributed by atoms with Crippen molar-refractivity contribution in [2.75, 3.05) is 33.2 Å². The fourth-order valence-corrected chi connectivity index (χ4v) is 3.27. The van der Waals surface area contributed by atoms with E-state index in [2.05, 4.69) is 57.8 Å². The summed E-state index contributed by atoms with van der Waals surface area (Å²) in [6.07, 6.45) is 5.00. The predicted octanol–water partition coefficient (Wildman–Crippen LogP) is 3.05. The maximum Gasteiger partial charge on any atom is 0.221 e. The summed E-state index contributed by atoms with van der Waals surface area (Å²) in [5.41, 5.74) is 1.43. The molecule has 0 aromatic heterocycles. The van der Waals surface area contributed by atoms with Crippen LogP contribution in [0, 0.1) is 5.92 Å². The first-order valence-corrected chi connectivity index (χ1v) is 9.49. The highest BCUT2D eigenvalue weighted by atomic mass is 127. The molecule has 0 unspecified atom stereocenters. The third-order valence-electron chi connectivity index (χ3n) is 4.70. The number of hydrogen-bond acceptors (Lipinski definition) is 2. The molecule has 2 N–H and O–H groups in total. The number of hydrogen-bond donors (Lipinski definition) is 2. The van der Waals surface area contributed by atoms with Gasteiger partial charge in [0.15, 0.2) is 5.96 Å². The number of piperidine rings is 1. The van der Waals surface area contributed by atoms with Crippen LogP contribution in [0.4, 0.5) is 0 Å². The van der Waals surface area contributed by atoms with Crippen molar-refractivity contribution in [3.8, 4) is 0 Å². The second-order valence-electron chi connectivity index (χ2n) is 6.69. The highest BCUT2D eigenvalue weighted by Crippen LogP contribution is 2.21. The van der Waals surface area contributed by atoms with Crippen LogP contribution in [0.5, 0.6) is 0 Å². The van der Waals surface area contributed by atoms with E-state index in [4.69, 9.17) is 0 Å². The molecule has 0 radical (unpaired) electrons. The van der Waals surface area contributed by atoms with Gasteiger partial charge in [-0.25, -0.2) is 0 Å². The maximum absolute atomic E-state index is 11.7. The van der Waals surface area contributed by atoms with Gasteiger partial charge in [-0.3, -0.25) is 9.79 Å². The largest absolute Gasteiger partial charge is 0.356 e. The zero-order chi connectivity index (χ0) is 17.9. The van der Waals surface area contributed by atoms with E-state index >= 15 is 0 Å². The van der Waals surface area contributed by atoms with E-state index in [9.17, 15) is 4.79 Å². The Bertz CT molecular complexity index is 542. The third kappa shape index (κ3) is 7.93. The van der Waals surface area contributed by atoms with Gasteiger partial charge in [0, 0.05) is 39.6 Å². The number of nitrogens with zero attached hydrogens (tertiary/aromatic N) is 2. The number of halogens is 1. The van der Waals surface area contributed by atoms with Crippen LogP contribution in [0.25, 0.3) is 0 Å². The van der Waals surface area contributed by atoms with Crippen molar-refractivity contribution in [2.24, 2.45) is 10.9 Å². The van der Waals surface area contributed by atoms with Crippen LogP contribution < -0.4 is 10.6 Å². The molecular weight excluding hydrogens is 439 g/mol. The summed E-state index contributed by atoms with van der Waals surface area (Å²) in [6, 6.07) is 10.7. The summed E-state index contributed by atoms with van der Waals surface area (Å²) in [6.45, 7) is 5.49. The van der Waals surface area contributed by atoms with Gasteiger partial charge < -0.3 is 15.5 Å². The highest BCUT2D eigenvalue weighted by Gasteiger charge is 2.21. The van der Waals surface area contributed by atoms with E-state index < -0.39 is 0 Å². The smallest absolute Gasteiger partial charge is 0.221 e. The summed E-state index contributed by atoms with van der Waals surface area (Å²) in [5.74, 6) is 1.77. The van der Waals surface area contributed by atoms with Gasteiger partial charge in [0.25, 0.3) is 0 Å². The van der Waals surface area contributed by atoms with Crippen LogP contribution in [0.1, 0.15) is 38.2 Å². The van der Waals surface area contributed by atoms with Crippen molar-refractivity contribution in [3.05, 3.63) is 35.9 Å². The summed E-state index contributed by atoms with van der Waals surface area (Å²) in [7, 11) is 1.82. The van der Waals surface area contributed by atoms with E-state index in [1.54, 1.807) is 0 Å². The average Bonchev–Trinajstić information content (AvgIpc) is 2.65. The quantitative estimate of drug-likeness (QED) is 0.365. The molecule has 146 valence electrons. The molecule has 1 heterocycles. The van der Waals surface area contributed by atoms with Gasteiger partial charge in [-0.1, -0.05) is 37.3 Å². The second kappa shape index (κ2) is 12.9. The number of guanidine groups is 1. The molecule has 1 fully saturated rings. The lowest BCUT2D eigenvalue weighted by Gasteiger charge is -2.34. The Hall–Kier alpha value is -1.31. The summed E-state index contributed by atoms with van der Waals surface area (Å²) >= 11 is 0. The Morgan fingerprint density at radius 2 is 1.85 bits per heavy atom. The van der Waals surface area contributed by atoms with E-state index in [-0.39, 0.29) is 29.9 Å². The van der Waals surface area contributed by atoms with Crippen LogP contribution in [-0.2, 0) is 11.2 Å². The monoisotopic (exact) mass is 472 g/mol. The number of nitrogens with one attached hydrogen (secondary N) is 2. The fourth-order valence-electron chi connectivity index (χ4n) is 3.27. The Morgan fingerprint density at radius 3 is 2.46 bits per heavy atom. The van der Waals surface area contributed by atoms with Crippen LogP contribution >= 0.6 is 24.0 Å². The van der Waals surface area contributed by atoms with Crippen molar-refractivity contribution in [2.45, 2.75) is 39.0 Å². The molecule has 0 aliphatic carbocycles. The molecule has 6 heteroatoms. The molecule has 1 aromatic carbocycles. The minimum atomic E-state index is 0. The number of likely N-dealkylation sites (tertiary alicyclic amines) is 1. The van der Waals surface area contributed by atoms with Gasteiger partial charge in [0.05, 0.1) is 0 Å². The Kier molecular flexibility index (Phi) is 11.3. The Balaban J connectivity index is 0.00000338. The van der Waals surface area contributed by atoms with E-state index in [1.165, 1.54) is 18.4 Å². The van der Waals surface area contributed by atoms with Gasteiger partial charge in [0.2, 0.25) is 5.91 Å². The first kappa shape index (κ1) is 22.7. The third-order valence-corrected chi connectivity index (χ3v) is 4.70. The summed E-state index contributed by atoms with van der Waals surface area (Å²) in [4.78, 5) is 18.4. The second-order valence-corrected chi connectivity index (χ2v) is 6.69. The van der Waals surface area contributed by atoms with Gasteiger partial charge in [-0.2, -0.15) is 0 Å². The minimum absolute atomic E-state index is 0. The lowest BCUT2D eigenvalue weighted by molar-refractivity contribution is -0.120. The van der Waals surface area contributed by atoms with E-state index in [0.717, 1.165) is 44.4 Å². The molecule has 0 atom stereocenters. The molecule has 5 nitrogen and oxygen atoms in total. The van der Waals surface area contributed by atoms with Crippen LogP contribution in [0.2, 0.25) is 0 Å². The maximum atomic E-state index is 11.7. The number of rotatable bonds is 7.